The molecule has 0 bridgehead atoms. The van der Waals surface area contributed by atoms with Crippen LogP contribution in [0.25, 0.3) is 0 Å². The summed E-state index contributed by atoms with van der Waals surface area (Å²) < 4.78 is 5.71. The Morgan fingerprint density at radius 2 is 1.85 bits per heavy atom. The number of unbranched alkanes of at least 4 members (excludes halogenated alkanes) is 1. The van der Waals surface area contributed by atoms with Gasteiger partial charge in [0, 0.05) is 18.5 Å². The predicted octanol–water partition coefficient (Wildman–Crippen LogP) is 5.07. The molecule has 110 valence electrons. The van der Waals surface area contributed by atoms with Gasteiger partial charge in [-0.2, -0.15) is 0 Å². The van der Waals surface area contributed by atoms with Gasteiger partial charge >= 0.3 is 0 Å². The lowest BCUT2D eigenvalue weighted by Gasteiger charge is -2.06. The highest BCUT2D eigenvalue weighted by molar-refractivity contribution is 5.55. The minimum atomic E-state index is 0.711. The van der Waals surface area contributed by atoms with E-state index in [4.69, 9.17) is 4.74 Å². The highest BCUT2D eigenvalue weighted by Gasteiger charge is 1.98. The molecule has 0 N–H and O–H groups in total. The van der Waals surface area contributed by atoms with Crippen LogP contribution >= 0.6 is 0 Å². The molecule has 0 aliphatic carbocycles. The second-order valence-electron chi connectivity index (χ2n) is 5.33. The van der Waals surface area contributed by atoms with Crippen molar-refractivity contribution in [3.63, 3.8) is 0 Å². The van der Waals surface area contributed by atoms with Crippen molar-refractivity contribution in [1.82, 2.24) is 0 Å². The lowest BCUT2D eigenvalue weighted by Crippen LogP contribution is -1.96. The van der Waals surface area contributed by atoms with Crippen molar-refractivity contribution in [2.24, 2.45) is 4.99 Å². The molecular weight excluding hydrogens is 246 g/mol. The maximum absolute atomic E-state index is 5.71. The van der Waals surface area contributed by atoms with Gasteiger partial charge in [0.05, 0.1) is 6.61 Å². The van der Waals surface area contributed by atoms with Crippen molar-refractivity contribution < 1.29 is 4.74 Å². The van der Waals surface area contributed by atoms with Gasteiger partial charge in [0.15, 0.2) is 0 Å². The van der Waals surface area contributed by atoms with Gasteiger partial charge < -0.3 is 4.74 Å². The van der Waals surface area contributed by atoms with Crippen LogP contribution in [-0.4, -0.2) is 12.8 Å². The first-order valence-corrected chi connectivity index (χ1v) is 7.41. The van der Waals surface area contributed by atoms with Crippen molar-refractivity contribution in [2.45, 2.75) is 53.6 Å². The van der Waals surface area contributed by atoms with E-state index in [-0.39, 0.29) is 0 Å². The van der Waals surface area contributed by atoms with Gasteiger partial charge in [-0.15, -0.1) is 0 Å². The zero-order valence-corrected chi connectivity index (χ0v) is 13.3. The summed E-state index contributed by atoms with van der Waals surface area (Å²) in [7, 11) is 0. The van der Waals surface area contributed by atoms with Gasteiger partial charge in [-0.05, 0) is 52.5 Å². The normalized spacial score (nSPS) is 11.0. The third-order valence-electron chi connectivity index (χ3n) is 3.20. The van der Waals surface area contributed by atoms with E-state index in [0.29, 0.717) is 6.61 Å². The minimum absolute atomic E-state index is 0.711. The van der Waals surface area contributed by atoms with E-state index in [0.717, 1.165) is 25.9 Å². The molecule has 0 radical (unpaired) electrons. The largest absolute Gasteiger partial charge is 0.377 e. The number of hydrogen-bond donors (Lipinski definition) is 0. The third-order valence-corrected chi connectivity index (χ3v) is 3.20. The fourth-order valence-corrected chi connectivity index (χ4v) is 1.97. The average molecular weight is 273 g/mol. The molecule has 0 saturated carbocycles. The van der Waals surface area contributed by atoms with Crippen LogP contribution in [0, 0.1) is 6.92 Å². The van der Waals surface area contributed by atoms with Crippen LogP contribution in [-0.2, 0) is 11.3 Å². The van der Waals surface area contributed by atoms with Gasteiger partial charge in [-0.3, -0.25) is 4.99 Å². The van der Waals surface area contributed by atoms with E-state index in [2.05, 4.69) is 50.0 Å². The van der Waals surface area contributed by atoms with Crippen LogP contribution in [0.3, 0.4) is 0 Å². The second kappa shape index (κ2) is 9.49. The molecule has 0 atom stereocenters. The number of rotatable bonds is 8. The predicted molar refractivity (Wildman–Crippen MR) is 87.2 cm³/mol. The number of nitrogens with zero attached hydrogens (tertiary/aromatic N) is 1. The molecule has 2 heteroatoms. The van der Waals surface area contributed by atoms with Gasteiger partial charge in [0.2, 0.25) is 0 Å². The van der Waals surface area contributed by atoms with Crippen LogP contribution in [0.15, 0.2) is 40.5 Å². The van der Waals surface area contributed by atoms with Crippen molar-refractivity contribution in [1.29, 1.82) is 0 Å². The first kappa shape index (κ1) is 16.6. The van der Waals surface area contributed by atoms with E-state index in [9.17, 15) is 0 Å². The summed E-state index contributed by atoms with van der Waals surface area (Å²) in [6, 6.07) is 8.52. The smallest absolute Gasteiger partial charge is 0.0716 e. The van der Waals surface area contributed by atoms with Gasteiger partial charge in [0.1, 0.15) is 0 Å². The first-order valence-electron chi connectivity index (χ1n) is 7.41. The number of hydrogen-bond acceptors (Lipinski definition) is 2. The van der Waals surface area contributed by atoms with E-state index >= 15 is 0 Å². The molecule has 1 aromatic carbocycles. The highest BCUT2D eigenvalue weighted by atomic mass is 16.5. The van der Waals surface area contributed by atoms with Crippen LogP contribution < -0.4 is 0 Å². The SMILES string of the molecule is CC=NC(CCCCOCc1ccc(C)cc1)=C(C)C. The summed E-state index contributed by atoms with van der Waals surface area (Å²) in [5.74, 6) is 0. The molecule has 20 heavy (non-hydrogen) atoms. The molecule has 0 heterocycles. The molecule has 0 amide bonds. The van der Waals surface area contributed by atoms with Crippen LogP contribution in [0.4, 0.5) is 0 Å². The molecule has 0 aliphatic heterocycles. The number of aryl methyl sites for hydroxylation is 1. The Hall–Kier alpha value is -1.41. The molecule has 1 aromatic rings. The molecular formula is C18H27NO. The molecule has 0 saturated heterocycles. The monoisotopic (exact) mass is 273 g/mol. The highest BCUT2D eigenvalue weighted by Crippen LogP contribution is 2.13. The Kier molecular flexibility index (Phi) is 7.89. The van der Waals surface area contributed by atoms with Crippen LogP contribution in [0.2, 0.25) is 0 Å². The Bertz CT molecular complexity index is 439. The number of allylic oxidation sites excluding steroid dienone is 2. The lowest BCUT2D eigenvalue weighted by atomic mass is 10.1. The van der Waals surface area contributed by atoms with Crippen molar-refractivity contribution in [2.75, 3.05) is 6.61 Å². The summed E-state index contributed by atoms with van der Waals surface area (Å²) in [4.78, 5) is 4.41. The molecule has 0 aliphatic rings. The Balaban J connectivity index is 2.16. The molecule has 0 fully saturated rings. The maximum Gasteiger partial charge on any atom is 0.0716 e. The molecule has 0 unspecified atom stereocenters. The van der Waals surface area contributed by atoms with E-state index in [1.54, 1.807) is 0 Å². The van der Waals surface area contributed by atoms with Gasteiger partial charge in [-0.25, -0.2) is 0 Å². The number of ether oxygens (including phenoxy) is 1. The summed E-state index contributed by atoms with van der Waals surface area (Å²) in [5.41, 5.74) is 5.06. The first-order chi connectivity index (χ1) is 9.63. The van der Waals surface area contributed by atoms with E-state index in [1.165, 1.54) is 22.4 Å². The van der Waals surface area contributed by atoms with Crippen LogP contribution in [0.1, 0.15) is 51.2 Å². The summed E-state index contributed by atoms with van der Waals surface area (Å²) >= 11 is 0. The Morgan fingerprint density at radius 1 is 1.15 bits per heavy atom. The average Bonchev–Trinajstić information content (AvgIpc) is 2.43. The van der Waals surface area contributed by atoms with Gasteiger partial charge in [-0.1, -0.05) is 35.4 Å². The molecule has 0 spiro atoms. The standard InChI is InChI=1S/C18H27NO/c1-5-19-18(15(2)3)8-6-7-13-20-14-17-11-9-16(4)10-12-17/h5,9-12H,6-8,13-14H2,1-4H3. The zero-order chi connectivity index (χ0) is 14.8. The lowest BCUT2D eigenvalue weighted by molar-refractivity contribution is 0.117. The van der Waals surface area contributed by atoms with Crippen molar-refractivity contribution in [3.8, 4) is 0 Å². The quantitative estimate of drug-likeness (QED) is 0.479. The summed E-state index contributed by atoms with van der Waals surface area (Å²) in [6.07, 6.45) is 5.13. The fraction of sp³-hybridized carbons (Fsp3) is 0.500. The summed E-state index contributed by atoms with van der Waals surface area (Å²) in [6.45, 7) is 9.84. The third kappa shape index (κ3) is 6.67. The zero-order valence-electron chi connectivity index (χ0n) is 13.3. The molecule has 0 aromatic heterocycles. The summed E-state index contributed by atoms with van der Waals surface area (Å²) in [5, 5.41) is 0. The second-order valence-corrected chi connectivity index (χ2v) is 5.33. The number of aliphatic imine (C=N–C) groups is 1. The fourth-order valence-electron chi connectivity index (χ4n) is 1.97. The Labute approximate surface area is 123 Å². The Morgan fingerprint density at radius 3 is 2.45 bits per heavy atom. The number of benzene rings is 1. The topological polar surface area (TPSA) is 21.6 Å². The maximum atomic E-state index is 5.71. The van der Waals surface area contributed by atoms with Crippen molar-refractivity contribution in [3.05, 3.63) is 46.7 Å². The minimum Gasteiger partial charge on any atom is -0.377 e. The van der Waals surface area contributed by atoms with Crippen LogP contribution in [0.5, 0.6) is 0 Å². The molecule has 1 rings (SSSR count). The van der Waals surface area contributed by atoms with E-state index < -0.39 is 0 Å². The van der Waals surface area contributed by atoms with Gasteiger partial charge in [0.25, 0.3) is 0 Å². The van der Waals surface area contributed by atoms with Crippen molar-refractivity contribution >= 4 is 6.21 Å². The molecule has 2 nitrogen and oxygen atoms in total. The van der Waals surface area contributed by atoms with E-state index in [1.807, 2.05) is 13.1 Å².